The van der Waals surface area contributed by atoms with Crippen LogP contribution in [0.25, 0.3) is 0 Å². The van der Waals surface area contributed by atoms with Crippen molar-refractivity contribution in [1.29, 1.82) is 0 Å². The molecular formula is C7H7BrClF. The molecule has 0 amide bonds. The average Bonchev–Trinajstić information content (AvgIpc) is 1.87. The highest BCUT2D eigenvalue weighted by Gasteiger charge is 2.01. The molecule has 0 aliphatic heterocycles. The Bertz CT molecular complexity index is 194. The standard InChI is InChI=1S/C7H7BrClF/c1-3-4-6(8)7(10)5(2)9/h3-4H,2H2,1H3/b4-3-,7-6-. The Labute approximate surface area is 73.2 Å². The average molecular weight is 225 g/mol. The summed E-state index contributed by atoms with van der Waals surface area (Å²) in [5.74, 6) is -0.528. The van der Waals surface area contributed by atoms with Crippen LogP contribution in [0.4, 0.5) is 4.39 Å². The van der Waals surface area contributed by atoms with Gasteiger partial charge in [-0.05, 0) is 28.9 Å². The van der Waals surface area contributed by atoms with Gasteiger partial charge in [-0.1, -0.05) is 24.3 Å². The van der Waals surface area contributed by atoms with Crippen LogP contribution in [0.1, 0.15) is 6.92 Å². The van der Waals surface area contributed by atoms with Crippen molar-refractivity contribution in [1.82, 2.24) is 0 Å². The van der Waals surface area contributed by atoms with E-state index in [1.165, 1.54) is 0 Å². The summed E-state index contributed by atoms with van der Waals surface area (Å²) in [7, 11) is 0. The lowest BCUT2D eigenvalue weighted by molar-refractivity contribution is 0.661. The highest BCUT2D eigenvalue weighted by atomic mass is 79.9. The SMILES string of the molecule is C=C(Cl)/C(F)=C(Br)\C=C/C. The lowest BCUT2D eigenvalue weighted by atomic mass is 10.4. The van der Waals surface area contributed by atoms with Gasteiger partial charge in [0, 0.05) is 0 Å². The van der Waals surface area contributed by atoms with Crippen LogP contribution in [-0.4, -0.2) is 0 Å². The summed E-state index contributed by atoms with van der Waals surface area (Å²) < 4.78 is 13.0. The van der Waals surface area contributed by atoms with E-state index in [9.17, 15) is 4.39 Å². The normalized spacial score (nSPS) is 13.6. The maximum atomic E-state index is 12.7. The second kappa shape index (κ2) is 4.69. The maximum absolute atomic E-state index is 12.7. The van der Waals surface area contributed by atoms with Gasteiger partial charge >= 0.3 is 0 Å². The van der Waals surface area contributed by atoms with Gasteiger partial charge in [0.05, 0.1) is 9.51 Å². The number of hydrogen-bond donors (Lipinski definition) is 0. The number of allylic oxidation sites excluding steroid dienone is 5. The van der Waals surface area contributed by atoms with E-state index < -0.39 is 5.83 Å². The minimum absolute atomic E-state index is 0.0926. The van der Waals surface area contributed by atoms with E-state index in [2.05, 4.69) is 22.5 Å². The van der Waals surface area contributed by atoms with E-state index >= 15 is 0 Å². The first-order valence-electron chi connectivity index (χ1n) is 2.62. The summed E-state index contributed by atoms with van der Waals surface area (Å²) >= 11 is 8.24. The van der Waals surface area contributed by atoms with Crippen LogP contribution >= 0.6 is 27.5 Å². The maximum Gasteiger partial charge on any atom is 0.155 e. The fourth-order valence-electron chi connectivity index (χ4n) is 0.349. The molecular weight excluding hydrogens is 218 g/mol. The van der Waals surface area contributed by atoms with E-state index in [0.29, 0.717) is 4.48 Å². The number of halogens is 3. The number of rotatable bonds is 2. The van der Waals surface area contributed by atoms with Crippen LogP contribution in [0.3, 0.4) is 0 Å². The molecule has 0 nitrogen and oxygen atoms in total. The van der Waals surface area contributed by atoms with Gasteiger partial charge in [0.2, 0.25) is 0 Å². The van der Waals surface area contributed by atoms with Gasteiger partial charge < -0.3 is 0 Å². The fourth-order valence-corrected chi connectivity index (χ4v) is 1.07. The molecule has 0 bridgehead atoms. The molecule has 0 saturated carbocycles. The summed E-state index contributed by atoms with van der Waals surface area (Å²) in [6.45, 7) is 5.01. The van der Waals surface area contributed by atoms with Gasteiger partial charge in [0.15, 0.2) is 5.83 Å². The van der Waals surface area contributed by atoms with Gasteiger partial charge in [-0.25, -0.2) is 4.39 Å². The summed E-state index contributed by atoms with van der Waals surface area (Å²) in [5.41, 5.74) is 0. The van der Waals surface area contributed by atoms with Crippen LogP contribution in [0.2, 0.25) is 0 Å². The third-order valence-electron chi connectivity index (χ3n) is 0.761. The van der Waals surface area contributed by atoms with E-state index in [-0.39, 0.29) is 5.03 Å². The Morgan fingerprint density at radius 3 is 2.50 bits per heavy atom. The Balaban J connectivity index is 4.50. The van der Waals surface area contributed by atoms with E-state index in [1.807, 2.05) is 0 Å². The van der Waals surface area contributed by atoms with Crippen molar-refractivity contribution in [3.8, 4) is 0 Å². The minimum Gasteiger partial charge on any atom is -0.204 e. The molecule has 0 aliphatic rings. The highest BCUT2D eigenvalue weighted by Crippen LogP contribution is 2.22. The third-order valence-corrected chi connectivity index (χ3v) is 1.54. The quantitative estimate of drug-likeness (QED) is 0.626. The molecule has 0 aromatic carbocycles. The van der Waals surface area contributed by atoms with E-state index in [0.717, 1.165) is 0 Å². The molecule has 0 N–H and O–H groups in total. The first kappa shape index (κ1) is 9.92. The predicted octanol–water partition coefficient (Wildman–Crippen LogP) is 3.89. The lowest BCUT2D eigenvalue weighted by Gasteiger charge is -1.92. The monoisotopic (exact) mass is 224 g/mol. The lowest BCUT2D eigenvalue weighted by Crippen LogP contribution is -1.73. The Morgan fingerprint density at radius 1 is 1.70 bits per heavy atom. The van der Waals surface area contributed by atoms with Gasteiger partial charge in [-0.3, -0.25) is 0 Å². The van der Waals surface area contributed by atoms with E-state index in [4.69, 9.17) is 11.6 Å². The zero-order chi connectivity index (χ0) is 8.15. The van der Waals surface area contributed by atoms with Crippen molar-refractivity contribution in [2.24, 2.45) is 0 Å². The molecule has 0 spiro atoms. The van der Waals surface area contributed by atoms with Gasteiger partial charge in [0.25, 0.3) is 0 Å². The van der Waals surface area contributed by atoms with Crippen molar-refractivity contribution >= 4 is 27.5 Å². The second-order valence-electron chi connectivity index (χ2n) is 1.57. The van der Waals surface area contributed by atoms with Gasteiger partial charge in [-0.15, -0.1) is 0 Å². The molecule has 0 radical (unpaired) electrons. The molecule has 3 heteroatoms. The first-order valence-corrected chi connectivity index (χ1v) is 3.79. The minimum atomic E-state index is -0.528. The van der Waals surface area contributed by atoms with Crippen molar-refractivity contribution in [2.75, 3.05) is 0 Å². The molecule has 0 unspecified atom stereocenters. The predicted molar refractivity (Wildman–Crippen MR) is 46.9 cm³/mol. The van der Waals surface area contributed by atoms with Gasteiger partial charge in [0.1, 0.15) is 0 Å². The van der Waals surface area contributed by atoms with Crippen LogP contribution in [0, 0.1) is 0 Å². The Hall–Kier alpha value is -0.0800. The molecule has 0 heterocycles. The summed E-state index contributed by atoms with van der Waals surface area (Å²) in [4.78, 5) is 0. The van der Waals surface area contributed by atoms with E-state index in [1.54, 1.807) is 19.1 Å². The zero-order valence-electron chi connectivity index (χ0n) is 5.50. The third kappa shape index (κ3) is 3.18. The smallest absolute Gasteiger partial charge is 0.155 e. The van der Waals surface area contributed by atoms with Crippen LogP contribution in [0.5, 0.6) is 0 Å². The van der Waals surface area contributed by atoms with Crippen LogP contribution in [-0.2, 0) is 0 Å². The molecule has 0 saturated heterocycles. The van der Waals surface area contributed by atoms with Crippen LogP contribution in [0.15, 0.2) is 34.1 Å². The van der Waals surface area contributed by atoms with Gasteiger partial charge in [-0.2, -0.15) is 0 Å². The summed E-state index contributed by atoms with van der Waals surface area (Å²) in [5, 5.41) is -0.0926. The summed E-state index contributed by atoms with van der Waals surface area (Å²) in [6, 6.07) is 0. The van der Waals surface area contributed by atoms with Crippen molar-refractivity contribution in [3.05, 3.63) is 34.1 Å². The molecule has 10 heavy (non-hydrogen) atoms. The van der Waals surface area contributed by atoms with Crippen molar-refractivity contribution < 1.29 is 4.39 Å². The van der Waals surface area contributed by atoms with Crippen molar-refractivity contribution in [3.63, 3.8) is 0 Å². The molecule has 56 valence electrons. The molecule has 0 aromatic heterocycles. The molecule has 0 fully saturated rings. The molecule has 0 aliphatic carbocycles. The first-order chi connectivity index (χ1) is 4.59. The fraction of sp³-hybridized carbons (Fsp3) is 0.143. The van der Waals surface area contributed by atoms with Crippen LogP contribution < -0.4 is 0 Å². The largest absolute Gasteiger partial charge is 0.204 e. The Kier molecular flexibility index (Phi) is 4.65. The molecule has 0 rings (SSSR count). The summed E-state index contributed by atoms with van der Waals surface area (Å²) in [6.07, 6.45) is 3.26. The molecule has 0 atom stereocenters. The van der Waals surface area contributed by atoms with Crippen molar-refractivity contribution in [2.45, 2.75) is 6.92 Å². The number of hydrogen-bond acceptors (Lipinski definition) is 0. The Morgan fingerprint density at radius 2 is 2.20 bits per heavy atom. The molecule has 0 aromatic rings. The zero-order valence-corrected chi connectivity index (χ0v) is 7.84. The topological polar surface area (TPSA) is 0 Å². The second-order valence-corrected chi connectivity index (χ2v) is 2.88. The highest BCUT2D eigenvalue weighted by molar-refractivity contribution is 9.11.